The van der Waals surface area contributed by atoms with Crippen LogP contribution in [0.15, 0.2) is 36.4 Å². The van der Waals surface area contributed by atoms with Crippen molar-refractivity contribution in [3.8, 4) is 0 Å². The van der Waals surface area contributed by atoms with E-state index in [0.717, 1.165) is 47.9 Å². The summed E-state index contributed by atoms with van der Waals surface area (Å²) in [7, 11) is 0. The molecule has 0 aliphatic carbocycles. The number of carbonyl (C=O) groups is 1. The molecule has 5 nitrogen and oxygen atoms in total. The summed E-state index contributed by atoms with van der Waals surface area (Å²) in [5, 5.41) is 12.0. The van der Waals surface area contributed by atoms with E-state index >= 15 is 0 Å². The normalized spacial score (nSPS) is 16.6. The lowest BCUT2D eigenvalue weighted by atomic mass is 10.2. The average molecular weight is 395 g/mol. The number of β-amino-alcohol motifs (C(OH)–C–C–N with tert-alkyl or cyclic N) is 1. The number of hydrogen-bond acceptors (Lipinski definition) is 6. The number of aliphatic hydroxyl groups is 1. The predicted molar refractivity (Wildman–Crippen MR) is 105 cm³/mol. The minimum Gasteiger partial charge on any atom is -0.389 e. The summed E-state index contributed by atoms with van der Waals surface area (Å²) in [6, 6.07) is 11.4. The fourth-order valence-corrected chi connectivity index (χ4v) is 4.06. The summed E-state index contributed by atoms with van der Waals surface area (Å²) in [5.74, 6) is 0. The first-order valence-corrected chi connectivity index (χ1v) is 9.86. The number of rotatable bonds is 8. The number of aliphatic hydroxyl groups excluding tert-OH is 1. The Hall–Kier alpha value is -1.44. The molecule has 1 aliphatic rings. The van der Waals surface area contributed by atoms with Crippen LogP contribution in [-0.4, -0.2) is 61.7 Å². The first kappa shape index (κ1) is 19.3. The number of benzene rings is 1. The Kier molecular flexibility index (Phi) is 7.05. The minimum atomic E-state index is -0.521. The summed E-state index contributed by atoms with van der Waals surface area (Å²) in [6.07, 6.45) is 0.371. The van der Waals surface area contributed by atoms with Gasteiger partial charge in [0.1, 0.15) is 0 Å². The van der Waals surface area contributed by atoms with E-state index in [0.29, 0.717) is 24.8 Å². The lowest BCUT2D eigenvalue weighted by Crippen LogP contribution is -2.49. The quantitative estimate of drug-likeness (QED) is 0.698. The molecule has 26 heavy (non-hydrogen) atoms. The van der Waals surface area contributed by atoms with E-state index in [1.807, 2.05) is 36.4 Å². The van der Waals surface area contributed by atoms with Gasteiger partial charge in [0.2, 0.25) is 0 Å². The average Bonchev–Trinajstić information content (AvgIpc) is 3.13. The van der Waals surface area contributed by atoms with Crippen LogP contribution in [-0.2, 0) is 11.3 Å². The van der Waals surface area contributed by atoms with Crippen molar-refractivity contribution < 1.29 is 14.6 Å². The Morgan fingerprint density at radius 3 is 2.65 bits per heavy atom. The summed E-state index contributed by atoms with van der Waals surface area (Å²) >= 11 is 7.62. The van der Waals surface area contributed by atoms with Gasteiger partial charge in [-0.25, -0.2) is 0 Å². The monoisotopic (exact) mass is 394 g/mol. The number of halogens is 1. The van der Waals surface area contributed by atoms with E-state index in [9.17, 15) is 9.90 Å². The van der Waals surface area contributed by atoms with Crippen LogP contribution in [0.4, 0.5) is 5.00 Å². The standard InChI is InChI=1S/C19H23ClN2O3S/c20-18-4-2-1-3-15(18)13-25-14-16(24)11-21-7-9-22(10-8-21)19-6-5-17(12-23)26-19/h1-6,12,16,24H,7-11,13-14H2. The van der Waals surface area contributed by atoms with E-state index in [1.54, 1.807) is 0 Å². The summed E-state index contributed by atoms with van der Waals surface area (Å²) < 4.78 is 5.61. The predicted octanol–water partition coefficient (Wildman–Crippen LogP) is 2.91. The van der Waals surface area contributed by atoms with Crippen molar-refractivity contribution in [2.75, 3.05) is 44.2 Å². The number of carbonyl (C=O) groups excluding carboxylic acids is 1. The number of anilines is 1. The van der Waals surface area contributed by atoms with E-state index in [1.165, 1.54) is 11.3 Å². The van der Waals surface area contributed by atoms with E-state index in [2.05, 4.69) is 9.80 Å². The molecule has 1 N–H and O–H groups in total. The highest BCUT2D eigenvalue weighted by Crippen LogP contribution is 2.26. The second-order valence-corrected chi connectivity index (χ2v) is 7.84. The molecule has 1 atom stereocenters. The van der Waals surface area contributed by atoms with Gasteiger partial charge in [-0.2, -0.15) is 0 Å². The van der Waals surface area contributed by atoms with Gasteiger partial charge in [0.05, 0.1) is 29.2 Å². The highest BCUT2D eigenvalue weighted by molar-refractivity contribution is 7.17. The highest BCUT2D eigenvalue weighted by atomic mass is 35.5. The molecule has 0 spiro atoms. The number of ether oxygens (including phenoxy) is 1. The lowest BCUT2D eigenvalue weighted by Gasteiger charge is -2.36. The molecule has 1 aromatic heterocycles. The van der Waals surface area contributed by atoms with Gasteiger partial charge >= 0.3 is 0 Å². The zero-order valence-corrected chi connectivity index (χ0v) is 16.1. The van der Waals surface area contributed by atoms with Crippen LogP contribution in [0.2, 0.25) is 5.02 Å². The number of piperazine rings is 1. The number of aldehydes is 1. The summed E-state index contributed by atoms with van der Waals surface area (Å²) in [4.78, 5) is 16.1. The van der Waals surface area contributed by atoms with Crippen molar-refractivity contribution in [1.29, 1.82) is 0 Å². The molecule has 1 saturated heterocycles. The van der Waals surface area contributed by atoms with Crippen molar-refractivity contribution in [2.45, 2.75) is 12.7 Å². The Balaban J connectivity index is 1.37. The van der Waals surface area contributed by atoms with Crippen LogP contribution < -0.4 is 4.90 Å². The fourth-order valence-electron chi connectivity index (χ4n) is 3.00. The molecular formula is C19H23ClN2O3S. The number of nitrogens with zero attached hydrogens (tertiary/aromatic N) is 2. The second-order valence-electron chi connectivity index (χ2n) is 6.34. The van der Waals surface area contributed by atoms with Crippen LogP contribution in [0.1, 0.15) is 15.2 Å². The second kappa shape index (κ2) is 9.48. The van der Waals surface area contributed by atoms with Crippen molar-refractivity contribution in [2.24, 2.45) is 0 Å². The largest absolute Gasteiger partial charge is 0.389 e. The zero-order chi connectivity index (χ0) is 18.4. The van der Waals surface area contributed by atoms with Gasteiger partial charge in [-0.3, -0.25) is 9.69 Å². The van der Waals surface area contributed by atoms with Crippen LogP contribution in [0, 0.1) is 0 Å². The molecule has 1 aliphatic heterocycles. The molecule has 2 aromatic rings. The Morgan fingerprint density at radius 1 is 1.19 bits per heavy atom. The molecule has 1 aromatic carbocycles. The smallest absolute Gasteiger partial charge is 0.160 e. The van der Waals surface area contributed by atoms with E-state index in [4.69, 9.17) is 16.3 Å². The van der Waals surface area contributed by atoms with Crippen molar-refractivity contribution in [3.63, 3.8) is 0 Å². The van der Waals surface area contributed by atoms with Gasteiger partial charge in [-0.15, -0.1) is 11.3 Å². The SMILES string of the molecule is O=Cc1ccc(N2CCN(CC(O)COCc3ccccc3Cl)CC2)s1. The first-order chi connectivity index (χ1) is 12.7. The third kappa shape index (κ3) is 5.28. The topological polar surface area (TPSA) is 53.0 Å². The van der Waals surface area contributed by atoms with Gasteiger partial charge in [0.25, 0.3) is 0 Å². The van der Waals surface area contributed by atoms with Crippen LogP contribution >= 0.6 is 22.9 Å². The first-order valence-electron chi connectivity index (χ1n) is 8.67. The molecule has 0 radical (unpaired) electrons. The zero-order valence-electron chi connectivity index (χ0n) is 14.5. The maximum absolute atomic E-state index is 10.8. The van der Waals surface area contributed by atoms with Gasteiger partial charge in [-0.1, -0.05) is 29.8 Å². The molecule has 1 fully saturated rings. The lowest BCUT2D eigenvalue weighted by molar-refractivity contribution is 0.00917. The fraction of sp³-hybridized carbons (Fsp3) is 0.421. The molecule has 2 heterocycles. The maximum atomic E-state index is 10.8. The molecule has 0 saturated carbocycles. The van der Waals surface area contributed by atoms with Crippen molar-refractivity contribution in [1.82, 2.24) is 4.90 Å². The van der Waals surface area contributed by atoms with Crippen LogP contribution in [0.25, 0.3) is 0 Å². The van der Waals surface area contributed by atoms with Crippen LogP contribution in [0.3, 0.4) is 0 Å². The molecule has 140 valence electrons. The Labute approximate surface area is 162 Å². The number of thiophene rings is 1. The van der Waals surface area contributed by atoms with Gasteiger partial charge < -0.3 is 14.7 Å². The molecule has 0 amide bonds. The van der Waals surface area contributed by atoms with Crippen molar-refractivity contribution in [3.05, 3.63) is 51.9 Å². The molecule has 3 rings (SSSR count). The highest BCUT2D eigenvalue weighted by Gasteiger charge is 2.20. The van der Waals surface area contributed by atoms with Crippen LogP contribution in [0.5, 0.6) is 0 Å². The summed E-state index contributed by atoms with van der Waals surface area (Å²) in [5.41, 5.74) is 0.931. The molecular weight excluding hydrogens is 372 g/mol. The Morgan fingerprint density at radius 2 is 1.96 bits per heavy atom. The van der Waals surface area contributed by atoms with Gasteiger partial charge in [0.15, 0.2) is 6.29 Å². The molecule has 1 unspecified atom stereocenters. The van der Waals surface area contributed by atoms with Gasteiger partial charge in [0, 0.05) is 37.7 Å². The summed E-state index contributed by atoms with van der Waals surface area (Å²) in [6.45, 7) is 4.85. The van der Waals surface area contributed by atoms with E-state index < -0.39 is 6.10 Å². The van der Waals surface area contributed by atoms with E-state index in [-0.39, 0.29) is 0 Å². The molecule has 7 heteroatoms. The number of hydrogen-bond donors (Lipinski definition) is 1. The molecule has 0 bridgehead atoms. The van der Waals surface area contributed by atoms with Crippen molar-refractivity contribution >= 4 is 34.2 Å². The Bertz CT molecular complexity index is 716. The third-order valence-electron chi connectivity index (χ3n) is 4.41. The minimum absolute atomic E-state index is 0.291. The third-order valence-corrected chi connectivity index (χ3v) is 5.85. The maximum Gasteiger partial charge on any atom is 0.160 e. The van der Waals surface area contributed by atoms with Gasteiger partial charge in [-0.05, 0) is 23.8 Å².